The second-order valence-corrected chi connectivity index (χ2v) is 7.20. The lowest BCUT2D eigenvalue weighted by Crippen LogP contribution is -2.51. The molecule has 2 N–H and O–H groups in total. The molecule has 2 amide bonds. The summed E-state index contributed by atoms with van der Waals surface area (Å²) in [6.45, 7) is 1.75. The number of thioether (sulfide) groups is 1. The number of rotatable bonds is 7. The number of aryl methyl sites for hydroxylation is 1. The summed E-state index contributed by atoms with van der Waals surface area (Å²) in [5.41, 5.74) is 0.915. The summed E-state index contributed by atoms with van der Waals surface area (Å²) >= 11 is 1.28. The van der Waals surface area contributed by atoms with E-state index in [0.29, 0.717) is 11.6 Å². The molecule has 1 fully saturated rings. The first-order chi connectivity index (χ1) is 12.1. The highest BCUT2D eigenvalue weighted by molar-refractivity contribution is 8.00. The highest BCUT2D eigenvalue weighted by Crippen LogP contribution is 2.41. The first-order valence-corrected chi connectivity index (χ1v) is 9.40. The van der Waals surface area contributed by atoms with Crippen LogP contribution in [0, 0.1) is 6.92 Å². The Morgan fingerprint density at radius 1 is 1.20 bits per heavy atom. The number of hydrogen-bond acceptors (Lipinski definition) is 5. The van der Waals surface area contributed by atoms with Crippen molar-refractivity contribution in [2.45, 2.75) is 31.7 Å². The van der Waals surface area contributed by atoms with E-state index in [1.54, 1.807) is 13.0 Å². The van der Waals surface area contributed by atoms with Crippen molar-refractivity contribution in [1.29, 1.82) is 0 Å². The van der Waals surface area contributed by atoms with Crippen LogP contribution in [0.25, 0.3) is 0 Å². The SMILES string of the molecule is Cc1cc(NC(=O)CSCC(=O)NC2(c3ccccc3)CCC2)no1. The number of amides is 2. The van der Waals surface area contributed by atoms with Gasteiger partial charge in [-0.15, -0.1) is 11.8 Å². The quantitative estimate of drug-likeness (QED) is 0.794. The van der Waals surface area contributed by atoms with Gasteiger partial charge in [0.15, 0.2) is 5.82 Å². The van der Waals surface area contributed by atoms with Crippen molar-refractivity contribution >= 4 is 29.4 Å². The van der Waals surface area contributed by atoms with E-state index in [4.69, 9.17) is 4.52 Å². The highest BCUT2D eigenvalue weighted by Gasteiger charge is 2.39. The van der Waals surface area contributed by atoms with Gasteiger partial charge >= 0.3 is 0 Å². The Morgan fingerprint density at radius 3 is 2.52 bits per heavy atom. The Balaban J connectivity index is 1.44. The zero-order valence-corrected chi connectivity index (χ0v) is 14.9. The third-order valence-corrected chi connectivity index (χ3v) is 5.21. The summed E-state index contributed by atoms with van der Waals surface area (Å²) in [4.78, 5) is 24.1. The number of nitrogens with zero attached hydrogens (tertiary/aromatic N) is 1. The molecular formula is C18H21N3O3S. The fourth-order valence-electron chi connectivity index (χ4n) is 2.92. The van der Waals surface area contributed by atoms with E-state index < -0.39 is 0 Å². The van der Waals surface area contributed by atoms with Crippen molar-refractivity contribution in [3.63, 3.8) is 0 Å². The van der Waals surface area contributed by atoms with Crippen molar-refractivity contribution < 1.29 is 14.1 Å². The molecule has 1 saturated carbocycles. The van der Waals surface area contributed by atoms with Crippen LogP contribution in [0.1, 0.15) is 30.6 Å². The standard InChI is InChI=1S/C18H21N3O3S/c1-13-10-15(21-24-13)19-16(22)11-25-12-17(23)20-18(8-5-9-18)14-6-3-2-4-7-14/h2-4,6-7,10H,5,8-9,11-12H2,1H3,(H,20,23)(H,19,21,22). The Hall–Kier alpha value is -2.28. The maximum atomic E-state index is 12.3. The third kappa shape index (κ3) is 4.42. The molecule has 0 atom stereocenters. The maximum absolute atomic E-state index is 12.3. The molecular weight excluding hydrogens is 338 g/mol. The summed E-state index contributed by atoms with van der Waals surface area (Å²) in [7, 11) is 0. The smallest absolute Gasteiger partial charge is 0.235 e. The molecule has 1 aliphatic carbocycles. The predicted octanol–water partition coefficient (Wildman–Crippen LogP) is 2.85. The average Bonchev–Trinajstić information content (AvgIpc) is 2.96. The minimum absolute atomic E-state index is 0.0429. The monoisotopic (exact) mass is 359 g/mol. The van der Waals surface area contributed by atoms with Gasteiger partial charge in [0.2, 0.25) is 11.8 Å². The van der Waals surface area contributed by atoms with Crippen LogP contribution in [-0.2, 0) is 15.1 Å². The zero-order chi connectivity index (χ0) is 17.7. The fraction of sp³-hybridized carbons (Fsp3) is 0.389. The molecule has 1 aliphatic rings. The summed E-state index contributed by atoms with van der Waals surface area (Å²) in [5.74, 6) is 1.22. The van der Waals surface area contributed by atoms with Gasteiger partial charge in [0.25, 0.3) is 0 Å². The lowest BCUT2D eigenvalue weighted by Gasteiger charge is -2.43. The van der Waals surface area contributed by atoms with E-state index in [9.17, 15) is 9.59 Å². The van der Waals surface area contributed by atoms with E-state index in [-0.39, 0.29) is 28.9 Å². The molecule has 6 nitrogen and oxygen atoms in total. The Morgan fingerprint density at radius 2 is 1.92 bits per heavy atom. The molecule has 0 saturated heterocycles. The van der Waals surface area contributed by atoms with E-state index >= 15 is 0 Å². The second-order valence-electron chi connectivity index (χ2n) is 6.21. The summed E-state index contributed by atoms with van der Waals surface area (Å²) < 4.78 is 4.89. The molecule has 7 heteroatoms. The highest BCUT2D eigenvalue weighted by atomic mass is 32.2. The van der Waals surface area contributed by atoms with Crippen LogP contribution >= 0.6 is 11.8 Å². The van der Waals surface area contributed by atoms with Crippen LogP contribution < -0.4 is 10.6 Å². The molecule has 25 heavy (non-hydrogen) atoms. The van der Waals surface area contributed by atoms with Gasteiger partial charge in [-0.25, -0.2) is 0 Å². The lowest BCUT2D eigenvalue weighted by atomic mass is 9.72. The molecule has 0 bridgehead atoms. The number of hydrogen-bond donors (Lipinski definition) is 2. The number of carbonyl (C=O) groups is 2. The molecule has 2 aromatic rings. The van der Waals surface area contributed by atoms with Gasteiger partial charge in [0.05, 0.1) is 17.0 Å². The molecule has 0 spiro atoms. The minimum Gasteiger partial charge on any atom is -0.360 e. The summed E-state index contributed by atoms with van der Waals surface area (Å²) in [6, 6.07) is 11.7. The van der Waals surface area contributed by atoms with Crippen LogP contribution in [-0.4, -0.2) is 28.5 Å². The second kappa shape index (κ2) is 7.74. The molecule has 3 rings (SSSR count). The molecule has 132 valence electrons. The Kier molecular flexibility index (Phi) is 5.43. The van der Waals surface area contributed by atoms with Gasteiger partial charge in [0.1, 0.15) is 5.76 Å². The molecule has 0 aliphatic heterocycles. The largest absolute Gasteiger partial charge is 0.360 e. The van der Waals surface area contributed by atoms with Gasteiger partial charge in [0, 0.05) is 6.07 Å². The van der Waals surface area contributed by atoms with Crippen LogP contribution in [0.4, 0.5) is 5.82 Å². The van der Waals surface area contributed by atoms with Crippen LogP contribution in [0.2, 0.25) is 0 Å². The maximum Gasteiger partial charge on any atom is 0.235 e. The number of aromatic nitrogens is 1. The van der Waals surface area contributed by atoms with Crippen LogP contribution in [0.5, 0.6) is 0 Å². The van der Waals surface area contributed by atoms with Crippen LogP contribution in [0.15, 0.2) is 40.9 Å². The van der Waals surface area contributed by atoms with Gasteiger partial charge in [-0.2, -0.15) is 0 Å². The van der Waals surface area contributed by atoms with Crippen molar-refractivity contribution in [2.24, 2.45) is 0 Å². The van der Waals surface area contributed by atoms with E-state index in [2.05, 4.69) is 27.9 Å². The van der Waals surface area contributed by atoms with E-state index in [0.717, 1.165) is 24.8 Å². The van der Waals surface area contributed by atoms with Gasteiger partial charge < -0.3 is 15.2 Å². The van der Waals surface area contributed by atoms with Crippen molar-refractivity contribution in [2.75, 3.05) is 16.8 Å². The Bertz CT molecular complexity index is 741. The van der Waals surface area contributed by atoms with E-state index in [1.807, 2.05) is 18.2 Å². The van der Waals surface area contributed by atoms with Gasteiger partial charge in [-0.3, -0.25) is 9.59 Å². The number of benzene rings is 1. The molecule has 1 heterocycles. The lowest BCUT2D eigenvalue weighted by molar-refractivity contribution is -0.121. The normalized spacial score (nSPS) is 15.2. The van der Waals surface area contributed by atoms with Gasteiger partial charge in [-0.1, -0.05) is 35.5 Å². The predicted molar refractivity (Wildman–Crippen MR) is 97.3 cm³/mol. The number of carbonyl (C=O) groups excluding carboxylic acids is 2. The molecule has 0 unspecified atom stereocenters. The molecule has 1 aromatic carbocycles. The fourth-order valence-corrected chi connectivity index (χ4v) is 3.53. The summed E-state index contributed by atoms with van der Waals surface area (Å²) in [6.07, 6.45) is 3.03. The summed E-state index contributed by atoms with van der Waals surface area (Å²) in [5, 5.41) is 9.49. The topological polar surface area (TPSA) is 84.2 Å². The van der Waals surface area contributed by atoms with Crippen molar-refractivity contribution in [3.05, 3.63) is 47.7 Å². The first-order valence-electron chi connectivity index (χ1n) is 8.25. The number of anilines is 1. The number of nitrogens with one attached hydrogen (secondary N) is 2. The minimum atomic E-state index is -0.237. The average molecular weight is 359 g/mol. The van der Waals surface area contributed by atoms with Crippen molar-refractivity contribution in [3.8, 4) is 0 Å². The molecule has 0 radical (unpaired) electrons. The molecule has 1 aromatic heterocycles. The Labute approximate surface area is 150 Å². The third-order valence-electron chi connectivity index (χ3n) is 4.27. The van der Waals surface area contributed by atoms with E-state index in [1.165, 1.54) is 11.8 Å². The first kappa shape index (κ1) is 17.5. The van der Waals surface area contributed by atoms with Gasteiger partial charge in [-0.05, 0) is 31.7 Å². The zero-order valence-electron chi connectivity index (χ0n) is 14.1. The van der Waals surface area contributed by atoms with Crippen LogP contribution in [0.3, 0.4) is 0 Å². The van der Waals surface area contributed by atoms with Crippen molar-refractivity contribution in [1.82, 2.24) is 10.5 Å².